The summed E-state index contributed by atoms with van der Waals surface area (Å²) in [5, 5.41) is 0.652. The Morgan fingerprint density at radius 1 is 1.22 bits per heavy atom. The minimum Gasteiger partial charge on any atom is -0.0709 e. The summed E-state index contributed by atoms with van der Waals surface area (Å²) in [6.45, 7) is 11.9. The van der Waals surface area contributed by atoms with Crippen LogP contribution >= 0.6 is 0 Å². The van der Waals surface area contributed by atoms with Crippen LogP contribution in [0.25, 0.3) is 0 Å². The summed E-state index contributed by atoms with van der Waals surface area (Å²) >= 11 is 0. The van der Waals surface area contributed by atoms with E-state index in [-0.39, 0.29) is 8.80 Å². The molecule has 55 valence electrons. The van der Waals surface area contributed by atoms with Crippen molar-refractivity contribution in [3.63, 3.8) is 0 Å². The van der Waals surface area contributed by atoms with Gasteiger partial charge in [-0.05, 0) is 5.04 Å². The molecule has 0 aromatic carbocycles. The van der Waals surface area contributed by atoms with Gasteiger partial charge in [0.15, 0.2) is 0 Å². The van der Waals surface area contributed by atoms with Crippen LogP contribution in [0.4, 0.5) is 0 Å². The van der Waals surface area contributed by atoms with Gasteiger partial charge in [0.2, 0.25) is 0 Å². The summed E-state index contributed by atoms with van der Waals surface area (Å²) in [6, 6.07) is 0. The van der Waals surface area contributed by atoms with E-state index in [1.54, 1.807) is 0 Å². The van der Waals surface area contributed by atoms with Crippen LogP contribution in [0, 0.1) is 0 Å². The Morgan fingerprint density at radius 3 is 1.78 bits per heavy atom. The monoisotopic (exact) mass is 143 g/mol. The van der Waals surface area contributed by atoms with Gasteiger partial charge >= 0.3 is 0 Å². The second-order valence-corrected chi connectivity index (χ2v) is 6.99. The smallest absolute Gasteiger partial charge is 0.0473 e. The van der Waals surface area contributed by atoms with Crippen LogP contribution in [0.5, 0.6) is 0 Å². The Bertz CT molecular complexity index is 74.6. The lowest BCUT2D eigenvalue weighted by molar-refractivity contribution is 0.585. The van der Waals surface area contributed by atoms with Crippen molar-refractivity contribution in [3.05, 3.63) is 0 Å². The maximum absolute atomic E-state index is 2.40. The molecule has 0 saturated heterocycles. The first-order valence-electron chi connectivity index (χ1n) is 3.81. The van der Waals surface area contributed by atoms with Gasteiger partial charge in [-0.25, -0.2) is 0 Å². The number of rotatable bonds is 3. The lowest BCUT2D eigenvalue weighted by Crippen LogP contribution is -2.20. The van der Waals surface area contributed by atoms with E-state index >= 15 is 0 Å². The summed E-state index contributed by atoms with van der Waals surface area (Å²) in [5.41, 5.74) is 0. The average molecular weight is 143 g/mol. The van der Waals surface area contributed by atoms with Crippen LogP contribution in [0.15, 0.2) is 0 Å². The maximum atomic E-state index is 2.40. The van der Waals surface area contributed by atoms with E-state index in [2.05, 4.69) is 33.9 Å². The normalized spacial score (nSPS) is 12.7. The Hall–Kier alpha value is 0.217. The summed E-state index contributed by atoms with van der Waals surface area (Å²) in [4.78, 5) is 0. The third kappa shape index (κ3) is 3.04. The van der Waals surface area contributed by atoms with Crippen molar-refractivity contribution in [2.75, 3.05) is 0 Å². The molecule has 0 aliphatic carbocycles. The van der Waals surface area contributed by atoms with Gasteiger partial charge in [0.1, 0.15) is 0 Å². The fraction of sp³-hybridized carbons (Fsp3) is 1.00. The molecule has 0 aromatic heterocycles. The lowest BCUT2D eigenvalue weighted by Gasteiger charge is -2.27. The molecule has 0 N–H and O–H groups in total. The molecule has 0 fully saturated rings. The molecular weight excluding hydrogens is 124 g/mol. The van der Waals surface area contributed by atoms with Gasteiger partial charge in [0, 0.05) is 8.80 Å². The lowest BCUT2D eigenvalue weighted by atomic mass is 10.1. The SMILES string of the molecule is CCCC(C)(C)[Si](C)C. The molecule has 0 rings (SSSR count). The Balaban J connectivity index is 3.70. The Labute approximate surface area is 61.3 Å². The predicted molar refractivity (Wildman–Crippen MR) is 46.4 cm³/mol. The van der Waals surface area contributed by atoms with E-state index in [0.29, 0.717) is 5.04 Å². The molecule has 0 aliphatic rings. The van der Waals surface area contributed by atoms with Gasteiger partial charge < -0.3 is 0 Å². The first-order chi connectivity index (χ1) is 4.00. The summed E-state index contributed by atoms with van der Waals surface area (Å²) in [5.74, 6) is 0. The minimum atomic E-state index is -0.0734. The molecule has 1 radical (unpaired) electrons. The van der Waals surface area contributed by atoms with Gasteiger partial charge in [0.25, 0.3) is 0 Å². The largest absolute Gasteiger partial charge is 0.0709 e. The van der Waals surface area contributed by atoms with E-state index in [1.807, 2.05) is 0 Å². The first kappa shape index (κ1) is 9.22. The fourth-order valence-electron chi connectivity index (χ4n) is 0.875. The molecule has 0 atom stereocenters. The van der Waals surface area contributed by atoms with Crippen molar-refractivity contribution >= 4 is 8.80 Å². The highest BCUT2D eigenvalue weighted by atomic mass is 28.3. The van der Waals surface area contributed by atoms with Crippen LogP contribution in [0.2, 0.25) is 18.1 Å². The second-order valence-electron chi connectivity index (χ2n) is 3.63. The van der Waals surface area contributed by atoms with Crippen molar-refractivity contribution in [1.82, 2.24) is 0 Å². The third-order valence-electron chi connectivity index (χ3n) is 2.23. The highest BCUT2D eigenvalue weighted by Gasteiger charge is 2.21. The van der Waals surface area contributed by atoms with E-state index in [9.17, 15) is 0 Å². The van der Waals surface area contributed by atoms with Crippen LogP contribution in [-0.4, -0.2) is 8.80 Å². The van der Waals surface area contributed by atoms with Gasteiger partial charge in [-0.15, -0.1) is 0 Å². The molecule has 0 nitrogen and oxygen atoms in total. The second kappa shape index (κ2) is 3.40. The van der Waals surface area contributed by atoms with Gasteiger partial charge in [-0.1, -0.05) is 46.7 Å². The van der Waals surface area contributed by atoms with E-state index in [0.717, 1.165) is 0 Å². The van der Waals surface area contributed by atoms with E-state index in [1.165, 1.54) is 12.8 Å². The van der Waals surface area contributed by atoms with Crippen molar-refractivity contribution in [2.45, 2.75) is 51.7 Å². The average Bonchev–Trinajstić information content (AvgIpc) is 1.65. The molecule has 0 aromatic rings. The van der Waals surface area contributed by atoms with Gasteiger partial charge in [-0.2, -0.15) is 0 Å². The minimum absolute atomic E-state index is 0.0734. The topological polar surface area (TPSA) is 0 Å². The van der Waals surface area contributed by atoms with E-state index < -0.39 is 0 Å². The fourth-order valence-corrected chi connectivity index (χ4v) is 1.62. The Morgan fingerprint density at radius 2 is 1.67 bits per heavy atom. The van der Waals surface area contributed by atoms with Gasteiger partial charge in [0.05, 0.1) is 0 Å². The highest BCUT2D eigenvalue weighted by molar-refractivity contribution is 6.59. The zero-order valence-electron chi connectivity index (χ0n) is 7.41. The van der Waals surface area contributed by atoms with Crippen molar-refractivity contribution < 1.29 is 0 Å². The number of hydrogen-bond acceptors (Lipinski definition) is 0. The molecule has 0 amide bonds. The standard InChI is InChI=1S/C8H19Si/c1-6-7-8(2,3)9(4)5/h6-7H2,1-5H3. The van der Waals surface area contributed by atoms with Crippen LogP contribution in [-0.2, 0) is 0 Å². The third-order valence-corrected chi connectivity index (χ3v) is 5.19. The summed E-state index contributed by atoms with van der Waals surface area (Å²) in [6.07, 6.45) is 2.73. The zero-order chi connectivity index (χ0) is 7.49. The Kier molecular flexibility index (Phi) is 3.48. The summed E-state index contributed by atoms with van der Waals surface area (Å²) < 4.78 is 0. The molecule has 0 saturated carbocycles. The van der Waals surface area contributed by atoms with Crippen molar-refractivity contribution in [1.29, 1.82) is 0 Å². The molecule has 0 bridgehead atoms. The molecule has 0 aliphatic heterocycles. The van der Waals surface area contributed by atoms with Crippen molar-refractivity contribution in [3.8, 4) is 0 Å². The molecule has 0 heterocycles. The quantitative estimate of drug-likeness (QED) is 0.532. The predicted octanol–water partition coefficient (Wildman–Crippen LogP) is 3.32. The van der Waals surface area contributed by atoms with Crippen LogP contribution in [0.1, 0.15) is 33.6 Å². The molecule has 1 heteroatoms. The number of hydrogen-bond donors (Lipinski definition) is 0. The highest BCUT2D eigenvalue weighted by Crippen LogP contribution is 2.33. The molecule has 0 spiro atoms. The molecule has 9 heavy (non-hydrogen) atoms. The summed E-state index contributed by atoms with van der Waals surface area (Å²) in [7, 11) is -0.0734. The molecular formula is C8H19Si. The zero-order valence-corrected chi connectivity index (χ0v) is 8.41. The maximum Gasteiger partial charge on any atom is 0.0473 e. The van der Waals surface area contributed by atoms with Crippen molar-refractivity contribution in [2.24, 2.45) is 0 Å². The van der Waals surface area contributed by atoms with E-state index in [4.69, 9.17) is 0 Å². The van der Waals surface area contributed by atoms with Gasteiger partial charge in [-0.3, -0.25) is 0 Å². The first-order valence-corrected chi connectivity index (χ1v) is 6.31. The molecule has 0 unspecified atom stereocenters. The van der Waals surface area contributed by atoms with Crippen LogP contribution < -0.4 is 0 Å². The van der Waals surface area contributed by atoms with Crippen LogP contribution in [0.3, 0.4) is 0 Å².